The quantitative estimate of drug-likeness (QED) is 0.129. The average Bonchev–Trinajstić information content (AvgIpc) is 3.35. The first kappa shape index (κ1) is 22.7. The summed E-state index contributed by atoms with van der Waals surface area (Å²) in [5, 5.41) is 11.8. The van der Waals surface area contributed by atoms with Gasteiger partial charge in [0.05, 0.1) is 16.9 Å². The van der Waals surface area contributed by atoms with Crippen molar-refractivity contribution in [3.63, 3.8) is 0 Å². The van der Waals surface area contributed by atoms with Crippen molar-refractivity contribution in [1.82, 2.24) is 4.98 Å². The number of nitrogens with zero attached hydrogens (tertiary/aromatic N) is 1. The smallest absolute Gasteiger partial charge is 0.155 e. The molecule has 2 aromatic heterocycles. The number of furan rings is 1. The van der Waals surface area contributed by atoms with Crippen LogP contribution in [0.1, 0.15) is 25.0 Å². The molecule has 1 N–H and O–H groups in total. The molecule has 0 fully saturated rings. The fraction of sp³-hybridized carbons (Fsp3) is 0.0714. The molecule has 0 aliphatic heterocycles. The maximum atomic E-state index is 10.0. The molecule has 4 nitrogen and oxygen atoms in total. The molecule has 5 heteroatoms. The summed E-state index contributed by atoms with van der Waals surface area (Å²) >= 11 is 0. The topological polar surface area (TPSA) is 63.3 Å². The van der Waals surface area contributed by atoms with Gasteiger partial charge in [0.1, 0.15) is 5.58 Å². The summed E-state index contributed by atoms with van der Waals surface area (Å²) in [6, 6.07) is 23.9. The van der Waals surface area contributed by atoms with Gasteiger partial charge in [-0.3, -0.25) is 9.78 Å². The zero-order chi connectivity index (χ0) is 22.2. The number of aromatic nitrogens is 1. The Bertz CT molecular complexity index is 1570. The third-order valence-corrected chi connectivity index (χ3v) is 5.34. The van der Waals surface area contributed by atoms with Gasteiger partial charge in [-0.25, -0.2) is 0 Å². The molecule has 1 aliphatic carbocycles. The van der Waals surface area contributed by atoms with E-state index < -0.39 is 0 Å². The van der Waals surface area contributed by atoms with Crippen molar-refractivity contribution in [2.75, 3.05) is 0 Å². The first-order valence-electron chi connectivity index (χ1n) is 10.3. The zero-order valence-corrected chi connectivity index (χ0v) is 20.4. The van der Waals surface area contributed by atoms with E-state index in [0.29, 0.717) is 0 Å². The van der Waals surface area contributed by atoms with Crippen molar-refractivity contribution < 1.29 is 34.4 Å². The van der Waals surface area contributed by atoms with Crippen molar-refractivity contribution in [2.45, 2.75) is 13.8 Å². The van der Waals surface area contributed by atoms with E-state index in [-0.39, 0.29) is 31.6 Å². The molecule has 3 aromatic carbocycles. The first-order valence-corrected chi connectivity index (χ1v) is 10.3. The SMILES string of the molecule is CC(=O)C=C(C)O.[Ir].[c-]1cc2c(cc1-c1cc3c4c(cccc4n1)C=C3)oc1ccccc12. The molecule has 5 aromatic rings. The van der Waals surface area contributed by atoms with E-state index >= 15 is 0 Å². The van der Waals surface area contributed by atoms with Crippen LogP contribution < -0.4 is 0 Å². The molecule has 0 unspecified atom stereocenters. The molecule has 0 saturated heterocycles. The van der Waals surface area contributed by atoms with Gasteiger partial charge in [0, 0.05) is 31.6 Å². The van der Waals surface area contributed by atoms with Gasteiger partial charge in [-0.1, -0.05) is 60.0 Å². The number of rotatable bonds is 2. The van der Waals surface area contributed by atoms with Crippen LogP contribution >= 0.6 is 0 Å². The third-order valence-electron chi connectivity index (χ3n) is 5.34. The molecule has 0 amide bonds. The van der Waals surface area contributed by atoms with Gasteiger partial charge in [-0.2, -0.15) is 0 Å². The second-order valence-electron chi connectivity index (χ2n) is 7.79. The molecular formula is C28H20IrNO3-. The minimum absolute atomic E-state index is 0. The van der Waals surface area contributed by atoms with E-state index in [4.69, 9.17) is 14.5 Å². The molecule has 0 spiro atoms. The predicted molar refractivity (Wildman–Crippen MR) is 129 cm³/mol. The van der Waals surface area contributed by atoms with Crippen LogP contribution in [0, 0.1) is 6.07 Å². The predicted octanol–water partition coefficient (Wildman–Crippen LogP) is 7.12. The van der Waals surface area contributed by atoms with Crippen LogP contribution in [-0.4, -0.2) is 15.9 Å². The summed E-state index contributed by atoms with van der Waals surface area (Å²) in [7, 11) is 0. The normalized spacial score (nSPS) is 12.0. The van der Waals surface area contributed by atoms with Gasteiger partial charge in [0.15, 0.2) is 5.78 Å². The standard InChI is InChI=1S/C23H12NO.C5H8O2.Ir/c1-2-7-21-17(5-1)18-11-10-15(13-22(18)25-21)20-12-16-9-8-14-4-3-6-19(24-20)23(14)16;1-4(6)3-5(2)7;/h1-9,11-13H;3,6H,1-2H3;/q-1;;. The van der Waals surface area contributed by atoms with Crippen LogP contribution in [0.4, 0.5) is 0 Å². The molecule has 2 heterocycles. The minimum atomic E-state index is -0.125. The van der Waals surface area contributed by atoms with Gasteiger partial charge in [0.25, 0.3) is 0 Å². The van der Waals surface area contributed by atoms with Crippen LogP contribution in [0.15, 0.2) is 76.9 Å². The number of aliphatic hydroxyl groups is 1. The van der Waals surface area contributed by atoms with Crippen molar-refractivity contribution in [2.24, 2.45) is 0 Å². The van der Waals surface area contributed by atoms with Gasteiger partial charge in [0.2, 0.25) is 0 Å². The molecule has 6 rings (SSSR count). The van der Waals surface area contributed by atoms with E-state index in [1.54, 1.807) is 0 Å². The van der Waals surface area contributed by atoms with Gasteiger partial charge in [-0.05, 0) is 48.2 Å². The maximum absolute atomic E-state index is 10.0. The summed E-state index contributed by atoms with van der Waals surface area (Å²) in [5.74, 6) is -0.0625. The van der Waals surface area contributed by atoms with Crippen molar-refractivity contribution >= 4 is 50.8 Å². The Kier molecular flexibility index (Phi) is 6.28. The fourth-order valence-corrected chi connectivity index (χ4v) is 4.04. The van der Waals surface area contributed by atoms with Crippen LogP contribution in [0.5, 0.6) is 0 Å². The monoisotopic (exact) mass is 611 g/mol. The van der Waals surface area contributed by atoms with Crippen molar-refractivity contribution in [1.29, 1.82) is 0 Å². The Labute approximate surface area is 204 Å². The molecule has 33 heavy (non-hydrogen) atoms. The number of carbonyl (C=O) groups excluding carboxylic acids is 1. The van der Waals surface area contributed by atoms with Crippen LogP contribution in [0.3, 0.4) is 0 Å². The number of hydrogen-bond acceptors (Lipinski definition) is 4. The summed E-state index contributed by atoms with van der Waals surface area (Å²) in [6.45, 7) is 2.85. The molecular weight excluding hydrogens is 591 g/mol. The number of ketones is 1. The Morgan fingerprint density at radius 2 is 1.76 bits per heavy atom. The number of benzene rings is 3. The van der Waals surface area contributed by atoms with E-state index in [0.717, 1.165) is 38.7 Å². The Balaban J connectivity index is 0.000000287. The Morgan fingerprint density at radius 3 is 2.52 bits per heavy atom. The van der Waals surface area contributed by atoms with Gasteiger partial charge in [-0.15, -0.1) is 17.7 Å². The summed E-state index contributed by atoms with van der Waals surface area (Å²) in [4.78, 5) is 14.9. The van der Waals surface area contributed by atoms with E-state index in [2.05, 4.69) is 48.6 Å². The van der Waals surface area contributed by atoms with Gasteiger partial charge < -0.3 is 9.52 Å². The van der Waals surface area contributed by atoms with Crippen LogP contribution in [0.2, 0.25) is 0 Å². The van der Waals surface area contributed by atoms with Crippen LogP contribution in [0.25, 0.3) is 56.3 Å². The molecule has 1 aliphatic rings. The Morgan fingerprint density at radius 1 is 0.970 bits per heavy atom. The van der Waals surface area contributed by atoms with Crippen molar-refractivity contribution in [3.05, 3.63) is 89.7 Å². The average molecular weight is 611 g/mol. The second-order valence-corrected chi connectivity index (χ2v) is 7.79. The number of pyridine rings is 1. The first-order chi connectivity index (χ1) is 15.5. The Hall–Kier alpha value is -3.53. The summed E-state index contributed by atoms with van der Waals surface area (Å²) < 4.78 is 6.01. The second kappa shape index (κ2) is 9.14. The summed E-state index contributed by atoms with van der Waals surface area (Å²) in [6.07, 6.45) is 5.47. The molecule has 0 bridgehead atoms. The molecule has 0 saturated carbocycles. The maximum Gasteiger partial charge on any atom is 0.155 e. The zero-order valence-electron chi connectivity index (χ0n) is 18.0. The largest absolute Gasteiger partial charge is 0.512 e. The fourth-order valence-electron chi connectivity index (χ4n) is 4.04. The number of hydrogen-bond donors (Lipinski definition) is 1. The van der Waals surface area contributed by atoms with Crippen LogP contribution in [-0.2, 0) is 24.9 Å². The van der Waals surface area contributed by atoms with E-state index in [1.807, 2.05) is 30.3 Å². The molecule has 0 atom stereocenters. The number of aliphatic hydroxyl groups excluding tert-OH is 1. The summed E-state index contributed by atoms with van der Waals surface area (Å²) in [5.41, 5.74) is 7.13. The number of para-hydroxylation sites is 1. The number of carbonyl (C=O) groups is 1. The number of allylic oxidation sites excluding steroid dienone is 2. The van der Waals surface area contributed by atoms with E-state index in [9.17, 15) is 4.79 Å². The molecule has 165 valence electrons. The third kappa shape index (κ3) is 4.38. The van der Waals surface area contributed by atoms with E-state index in [1.165, 1.54) is 36.4 Å². The number of fused-ring (bicyclic) bond motifs is 3. The van der Waals surface area contributed by atoms with Crippen molar-refractivity contribution in [3.8, 4) is 11.3 Å². The van der Waals surface area contributed by atoms with Gasteiger partial charge >= 0.3 is 0 Å². The molecule has 1 radical (unpaired) electrons. The minimum Gasteiger partial charge on any atom is -0.512 e.